The Hall–Kier alpha value is -0.250. The first kappa shape index (κ1) is 12.8. The normalized spacial score (nSPS) is 33.7. The van der Waals surface area contributed by atoms with Gasteiger partial charge in [-0.3, -0.25) is 0 Å². The maximum absolute atomic E-state index is 11.1. The van der Waals surface area contributed by atoms with Gasteiger partial charge in [-0.1, -0.05) is 29.8 Å². The fourth-order valence-corrected chi connectivity index (χ4v) is 5.92. The van der Waals surface area contributed by atoms with E-state index in [0.717, 1.165) is 30.7 Å². The molecule has 3 aliphatic rings. The molecule has 0 heterocycles. The Bertz CT molecular complexity index is 575. The summed E-state index contributed by atoms with van der Waals surface area (Å²) >= 11 is 6.15. The second-order valence-corrected chi connectivity index (χ2v) is 9.17. The van der Waals surface area contributed by atoms with Crippen molar-refractivity contribution in [3.8, 4) is 0 Å². The van der Waals surface area contributed by atoms with Crippen LogP contribution in [0.3, 0.4) is 0 Å². The third-order valence-corrected chi connectivity index (χ3v) is 5.91. The zero-order valence-electron chi connectivity index (χ0n) is 9.83. The summed E-state index contributed by atoms with van der Waals surface area (Å²) in [4.78, 5) is 0. The molecule has 0 unspecified atom stereocenters. The molecule has 0 N–H and O–H groups in total. The molecule has 0 saturated heterocycles. The van der Waals surface area contributed by atoms with Crippen LogP contribution in [0.1, 0.15) is 24.8 Å². The van der Waals surface area contributed by atoms with E-state index in [1.54, 1.807) is 0 Å². The number of rotatable bonds is 4. The van der Waals surface area contributed by atoms with Crippen LogP contribution in [0, 0.1) is 10.8 Å². The fraction of sp³-hybridized carbons (Fsp3) is 0.538. The molecule has 0 atom stereocenters. The topological polar surface area (TPSA) is 34.1 Å². The van der Waals surface area contributed by atoms with Crippen LogP contribution in [0.25, 0.3) is 0 Å². The van der Waals surface area contributed by atoms with Crippen molar-refractivity contribution in [1.82, 2.24) is 0 Å². The molecule has 0 aromatic heterocycles. The molecule has 18 heavy (non-hydrogen) atoms. The van der Waals surface area contributed by atoms with Crippen LogP contribution in [0.4, 0.5) is 0 Å². The Morgan fingerprint density at radius 1 is 1.11 bits per heavy atom. The molecule has 3 saturated carbocycles. The summed E-state index contributed by atoms with van der Waals surface area (Å²) in [5, 5.41) is 0.807. The molecule has 1 aromatic rings. The molecule has 1 aromatic carbocycles. The molecule has 0 aliphatic heterocycles. The standard InChI is InChI=1S/C13H14Cl2O2S/c14-11-4-2-1-3-10(11)5-12-6-13(7-12,8-12)9-18(15,16)17/h1-4H,5-9H2. The van der Waals surface area contributed by atoms with Crippen LogP contribution >= 0.6 is 22.3 Å². The van der Waals surface area contributed by atoms with E-state index in [0.29, 0.717) is 0 Å². The van der Waals surface area contributed by atoms with Gasteiger partial charge < -0.3 is 0 Å². The van der Waals surface area contributed by atoms with Crippen molar-refractivity contribution in [3.05, 3.63) is 34.9 Å². The second-order valence-electron chi connectivity index (χ2n) is 5.98. The highest BCUT2D eigenvalue weighted by atomic mass is 35.7. The Balaban J connectivity index is 1.66. The van der Waals surface area contributed by atoms with E-state index in [4.69, 9.17) is 22.3 Å². The minimum absolute atomic E-state index is 0.0260. The van der Waals surface area contributed by atoms with Crippen LogP contribution in [-0.4, -0.2) is 14.2 Å². The van der Waals surface area contributed by atoms with E-state index in [-0.39, 0.29) is 16.6 Å². The first-order valence-electron chi connectivity index (χ1n) is 5.97. The molecular weight excluding hydrogens is 291 g/mol. The van der Waals surface area contributed by atoms with E-state index in [2.05, 4.69) is 0 Å². The van der Waals surface area contributed by atoms with Gasteiger partial charge in [-0.25, -0.2) is 8.42 Å². The van der Waals surface area contributed by atoms with Crippen LogP contribution in [0.15, 0.2) is 24.3 Å². The average molecular weight is 305 g/mol. The van der Waals surface area contributed by atoms with Gasteiger partial charge in [-0.15, -0.1) is 0 Å². The molecular formula is C13H14Cl2O2S. The summed E-state index contributed by atoms with van der Waals surface area (Å²) in [6.07, 6.45) is 3.86. The molecule has 0 spiro atoms. The summed E-state index contributed by atoms with van der Waals surface area (Å²) in [5.41, 5.74) is 1.43. The zero-order chi connectivity index (χ0) is 13.0. The average Bonchev–Trinajstić information content (AvgIpc) is 2.14. The van der Waals surface area contributed by atoms with Gasteiger partial charge in [-0.05, 0) is 48.1 Å². The second kappa shape index (κ2) is 3.87. The van der Waals surface area contributed by atoms with Crippen molar-refractivity contribution in [2.24, 2.45) is 10.8 Å². The monoisotopic (exact) mass is 304 g/mol. The summed E-state index contributed by atoms with van der Waals surface area (Å²) in [6, 6.07) is 7.87. The van der Waals surface area contributed by atoms with E-state index in [1.807, 2.05) is 24.3 Å². The van der Waals surface area contributed by atoms with Crippen LogP contribution in [-0.2, 0) is 15.5 Å². The molecule has 3 aliphatic carbocycles. The van der Waals surface area contributed by atoms with E-state index < -0.39 is 9.05 Å². The minimum atomic E-state index is -3.37. The number of halogens is 2. The highest BCUT2D eigenvalue weighted by Crippen LogP contribution is 2.74. The molecule has 2 bridgehead atoms. The van der Waals surface area contributed by atoms with Crippen LogP contribution < -0.4 is 0 Å². The number of hydrogen-bond acceptors (Lipinski definition) is 2. The number of benzene rings is 1. The van der Waals surface area contributed by atoms with Crippen LogP contribution in [0.5, 0.6) is 0 Å². The van der Waals surface area contributed by atoms with Crippen molar-refractivity contribution in [2.45, 2.75) is 25.7 Å². The smallest absolute Gasteiger partial charge is 0.212 e. The summed E-state index contributed by atoms with van der Waals surface area (Å²) in [7, 11) is 1.97. The lowest BCUT2D eigenvalue weighted by atomic mass is 9.34. The first-order valence-corrected chi connectivity index (χ1v) is 8.83. The Kier molecular flexibility index (Phi) is 2.75. The summed E-state index contributed by atoms with van der Waals surface area (Å²) in [6.45, 7) is 0. The highest BCUT2D eigenvalue weighted by molar-refractivity contribution is 8.13. The van der Waals surface area contributed by atoms with Gasteiger partial charge in [0.05, 0.1) is 5.75 Å². The zero-order valence-corrected chi connectivity index (χ0v) is 12.2. The molecule has 3 fully saturated rings. The number of hydrogen-bond donors (Lipinski definition) is 0. The Morgan fingerprint density at radius 3 is 2.28 bits per heavy atom. The third-order valence-electron chi connectivity index (χ3n) is 4.25. The molecule has 98 valence electrons. The maximum atomic E-state index is 11.1. The van der Waals surface area contributed by atoms with Crippen molar-refractivity contribution < 1.29 is 8.42 Å². The minimum Gasteiger partial charge on any atom is -0.212 e. The lowest BCUT2D eigenvalue weighted by Crippen LogP contribution is -2.64. The Labute approximate surface area is 117 Å². The van der Waals surface area contributed by atoms with E-state index in [9.17, 15) is 8.42 Å². The van der Waals surface area contributed by atoms with E-state index >= 15 is 0 Å². The molecule has 4 rings (SSSR count). The molecule has 0 amide bonds. The van der Waals surface area contributed by atoms with Gasteiger partial charge in [0, 0.05) is 15.7 Å². The van der Waals surface area contributed by atoms with Gasteiger partial charge in [0.1, 0.15) is 0 Å². The quantitative estimate of drug-likeness (QED) is 0.796. The van der Waals surface area contributed by atoms with Gasteiger partial charge in [0.15, 0.2) is 0 Å². The maximum Gasteiger partial charge on any atom is 0.233 e. The van der Waals surface area contributed by atoms with E-state index in [1.165, 1.54) is 5.56 Å². The Morgan fingerprint density at radius 2 is 1.72 bits per heavy atom. The van der Waals surface area contributed by atoms with Gasteiger partial charge in [0.25, 0.3) is 0 Å². The molecule has 2 nitrogen and oxygen atoms in total. The predicted molar refractivity (Wildman–Crippen MR) is 73.5 cm³/mol. The lowest BCUT2D eigenvalue weighted by Gasteiger charge is -2.71. The van der Waals surface area contributed by atoms with Crippen molar-refractivity contribution in [3.63, 3.8) is 0 Å². The van der Waals surface area contributed by atoms with Gasteiger partial charge in [0.2, 0.25) is 9.05 Å². The molecule has 0 radical (unpaired) electrons. The highest BCUT2D eigenvalue weighted by Gasteiger charge is 2.68. The molecule has 5 heteroatoms. The largest absolute Gasteiger partial charge is 0.233 e. The van der Waals surface area contributed by atoms with Crippen molar-refractivity contribution in [1.29, 1.82) is 0 Å². The van der Waals surface area contributed by atoms with Crippen molar-refractivity contribution >= 4 is 31.3 Å². The SMILES string of the molecule is O=S(=O)(Cl)CC12CC(Cc3ccccc3Cl)(C1)C2. The first-order chi connectivity index (χ1) is 8.32. The van der Waals surface area contributed by atoms with Gasteiger partial charge in [-0.2, -0.15) is 0 Å². The van der Waals surface area contributed by atoms with Gasteiger partial charge >= 0.3 is 0 Å². The predicted octanol–water partition coefficient (Wildman–Crippen LogP) is 3.62. The summed E-state index contributed by atoms with van der Waals surface area (Å²) in [5.74, 6) is 0.131. The van der Waals surface area contributed by atoms with Crippen LogP contribution in [0.2, 0.25) is 5.02 Å². The third kappa shape index (κ3) is 2.17. The van der Waals surface area contributed by atoms with Crippen molar-refractivity contribution in [2.75, 3.05) is 5.75 Å². The fourth-order valence-electron chi connectivity index (χ4n) is 3.98. The lowest BCUT2D eigenvalue weighted by molar-refractivity contribution is -0.186. The summed E-state index contributed by atoms with van der Waals surface area (Å²) < 4.78 is 22.3.